The molecule has 0 aliphatic rings. The summed E-state index contributed by atoms with van der Waals surface area (Å²) in [6, 6.07) is 6.22. The molecule has 20 heavy (non-hydrogen) atoms. The van der Waals surface area contributed by atoms with Gasteiger partial charge in [-0.15, -0.1) is 11.3 Å². The third kappa shape index (κ3) is 2.74. The molecule has 108 valence electrons. The van der Waals surface area contributed by atoms with Crippen LogP contribution < -0.4 is 10.0 Å². The maximum Gasteiger partial charge on any atom is 0.273 e. The van der Waals surface area contributed by atoms with Crippen LogP contribution in [-0.4, -0.2) is 15.5 Å². The van der Waals surface area contributed by atoms with Gasteiger partial charge in [0, 0.05) is 12.1 Å². The molecule has 1 aromatic heterocycles. The second kappa shape index (κ2) is 5.44. The Morgan fingerprint density at radius 3 is 2.45 bits per heavy atom. The highest BCUT2D eigenvalue weighted by atomic mass is 35.5. The van der Waals surface area contributed by atoms with Gasteiger partial charge in [-0.3, -0.25) is 4.31 Å². The van der Waals surface area contributed by atoms with Crippen LogP contribution in [0.1, 0.15) is 5.56 Å². The minimum absolute atomic E-state index is 0.168. The van der Waals surface area contributed by atoms with E-state index in [-0.39, 0.29) is 4.21 Å². The van der Waals surface area contributed by atoms with Crippen LogP contribution >= 0.6 is 34.5 Å². The molecule has 0 spiro atoms. The summed E-state index contributed by atoms with van der Waals surface area (Å²) in [5, 5.41) is 0.414. The predicted octanol–water partition coefficient (Wildman–Crippen LogP) is 3.77. The van der Waals surface area contributed by atoms with Gasteiger partial charge >= 0.3 is 0 Å². The first-order valence-electron chi connectivity index (χ1n) is 5.53. The van der Waals surface area contributed by atoms with Gasteiger partial charge in [0.2, 0.25) is 0 Å². The van der Waals surface area contributed by atoms with Gasteiger partial charge in [-0.1, -0.05) is 23.2 Å². The van der Waals surface area contributed by atoms with E-state index in [2.05, 4.69) is 0 Å². The van der Waals surface area contributed by atoms with E-state index in [4.69, 9.17) is 28.9 Å². The average Bonchev–Trinajstić information content (AvgIpc) is 2.72. The lowest BCUT2D eigenvalue weighted by atomic mass is 10.3. The molecule has 0 unspecified atom stereocenters. The van der Waals surface area contributed by atoms with Gasteiger partial charge in [0.1, 0.15) is 4.21 Å². The summed E-state index contributed by atoms with van der Waals surface area (Å²) < 4.78 is 26.8. The standard InChI is InChI=1S/C12H12Cl2N2O2S2/c1-7-5-11(19-12(7)14)20(17,18)16(2)10-6-8(13)3-4-9(10)15/h3-6H,15H2,1-2H3. The molecule has 4 nitrogen and oxygen atoms in total. The first kappa shape index (κ1) is 15.4. The van der Waals surface area contributed by atoms with E-state index in [0.29, 0.717) is 20.7 Å². The monoisotopic (exact) mass is 350 g/mol. The predicted molar refractivity (Wildman–Crippen MR) is 85.5 cm³/mol. The molecule has 0 atom stereocenters. The van der Waals surface area contributed by atoms with E-state index >= 15 is 0 Å². The molecule has 2 aromatic rings. The van der Waals surface area contributed by atoms with E-state index in [0.717, 1.165) is 21.2 Å². The van der Waals surface area contributed by atoms with Crippen molar-refractivity contribution in [2.75, 3.05) is 17.1 Å². The smallest absolute Gasteiger partial charge is 0.273 e. The van der Waals surface area contributed by atoms with Crippen molar-refractivity contribution in [3.05, 3.63) is 39.2 Å². The molecule has 2 rings (SSSR count). The number of aryl methyl sites for hydroxylation is 1. The van der Waals surface area contributed by atoms with E-state index in [1.807, 2.05) is 0 Å². The highest BCUT2D eigenvalue weighted by molar-refractivity contribution is 7.94. The number of hydrogen-bond acceptors (Lipinski definition) is 4. The summed E-state index contributed by atoms with van der Waals surface area (Å²) in [5.41, 5.74) is 7.20. The Morgan fingerprint density at radius 2 is 1.90 bits per heavy atom. The van der Waals surface area contributed by atoms with Crippen molar-refractivity contribution in [2.24, 2.45) is 0 Å². The average molecular weight is 351 g/mol. The molecule has 1 heterocycles. The molecular formula is C12H12Cl2N2O2S2. The zero-order valence-corrected chi connectivity index (χ0v) is 13.9. The number of anilines is 2. The fourth-order valence-corrected chi connectivity index (χ4v) is 4.87. The fourth-order valence-electron chi connectivity index (χ4n) is 1.61. The summed E-state index contributed by atoms with van der Waals surface area (Å²) in [7, 11) is -2.27. The SMILES string of the molecule is Cc1cc(S(=O)(=O)N(C)c2cc(Cl)ccc2N)sc1Cl. The Bertz CT molecular complexity index is 737. The highest BCUT2D eigenvalue weighted by Crippen LogP contribution is 2.35. The van der Waals surface area contributed by atoms with Crippen LogP contribution in [0, 0.1) is 6.92 Å². The summed E-state index contributed by atoms with van der Waals surface area (Å²) in [6.07, 6.45) is 0. The van der Waals surface area contributed by atoms with Crippen LogP contribution in [0.15, 0.2) is 28.5 Å². The largest absolute Gasteiger partial charge is 0.397 e. The summed E-state index contributed by atoms with van der Waals surface area (Å²) >= 11 is 12.8. The molecule has 0 saturated heterocycles. The zero-order valence-electron chi connectivity index (χ0n) is 10.7. The Kier molecular flexibility index (Phi) is 4.20. The van der Waals surface area contributed by atoms with Crippen molar-refractivity contribution in [3.63, 3.8) is 0 Å². The third-order valence-electron chi connectivity index (χ3n) is 2.78. The van der Waals surface area contributed by atoms with Crippen LogP contribution in [0.4, 0.5) is 11.4 Å². The topological polar surface area (TPSA) is 63.4 Å². The van der Waals surface area contributed by atoms with Crippen molar-refractivity contribution in [1.82, 2.24) is 0 Å². The van der Waals surface area contributed by atoms with Crippen molar-refractivity contribution < 1.29 is 8.42 Å². The minimum atomic E-state index is -3.70. The van der Waals surface area contributed by atoms with Gasteiger partial charge < -0.3 is 5.73 Å². The van der Waals surface area contributed by atoms with E-state index in [1.54, 1.807) is 25.1 Å². The van der Waals surface area contributed by atoms with Gasteiger partial charge in [0.05, 0.1) is 15.7 Å². The Balaban J connectivity index is 2.51. The highest BCUT2D eigenvalue weighted by Gasteiger charge is 2.25. The number of sulfonamides is 1. The number of nitrogens with zero attached hydrogens (tertiary/aromatic N) is 1. The van der Waals surface area contributed by atoms with Crippen LogP contribution in [-0.2, 0) is 10.0 Å². The lowest BCUT2D eigenvalue weighted by molar-refractivity contribution is 0.596. The number of thiophene rings is 1. The molecular weight excluding hydrogens is 339 g/mol. The molecule has 0 fully saturated rings. The second-order valence-electron chi connectivity index (χ2n) is 4.20. The Labute approximate surface area is 131 Å². The van der Waals surface area contributed by atoms with E-state index in [9.17, 15) is 8.42 Å². The summed E-state index contributed by atoms with van der Waals surface area (Å²) in [4.78, 5) is 0. The van der Waals surface area contributed by atoms with Crippen LogP contribution in [0.5, 0.6) is 0 Å². The Hall–Kier alpha value is -0.950. The molecule has 0 aliphatic heterocycles. The van der Waals surface area contributed by atoms with Crippen LogP contribution in [0.3, 0.4) is 0 Å². The maximum absolute atomic E-state index is 12.5. The zero-order chi connectivity index (χ0) is 15.1. The number of halogens is 2. The minimum Gasteiger partial charge on any atom is -0.397 e. The maximum atomic E-state index is 12.5. The lowest BCUT2D eigenvalue weighted by Gasteiger charge is -2.20. The van der Waals surface area contributed by atoms with Crippen LogP contribution in [0.2, 0.25) is 9.36 Å². The van der Waals surface area contributed by atoms with Crippen molar-refractivity contribution in [2.45, 2.75) is 11.1 Å². The molecule has 0 bridgehead atoms. The molecule has 0 aliphatic carbocycles. The molecule has 0 radical (unpaired) electrons. The fraction of sp³-hybridized carbons (Fsp3) is 0.167. The van der Waals surface area contributed by atoms with E-state index < -0.39 is 10.0 Å². The van der Waals surface area contributed by atoms with E-state index in [1.165, 1.54) is 13.1 Å². The normalized spacial score (nSPS) is 11.6. The number of nitrogen functional groups attached to an aromatic ring is 1. The number of benzene rings is 1. The molecule has 0 amide bonds. The number of rotatable bonds is 3. The van der Waals surface area contributed by atoms with Gasteiger partial charge in [0.15, 0.2) is 0 Å². The third-order valence-corrected chi connectivity index (χ3v) is 6.79. The van der Waals surface area contributed by atoms with Crippen LogP contribution in [0.25, 0.3) is 0 Å². The van der Waals surface area contributed by atoms with Gasteiger partial charge in [-0.2, -0.15) is 0 Å². The quantitative estimate of drug-likeness (QED) is 0.856. The van der Waals surface area contributed by atoms with Gasteiger partial charge in [-0.25, -0.2) is 8.42 Å². The molecule has 2 N–H and O–H groups in total. The van der Waals surface area contributed by atoms with Crippen molar-refractivity contribution in [1.29, 1.82) is 0 Å². The molecule has 0 saturated carbocycles. The number of hydrogen-bond donors (Lipinski definition) is 1. The number of nitrogens with two attached hydrogens (primary N) is 1. The lowest BCUT2D eigenvalue weighted by Crippen LogP contribution is -2.26. The Morgan fingerprint density at radius 1 is 1.25 bits per heavy atom. The molecule has 1 aromatic carbocycles. The first-order valence-corrected chi connectivity index (χ1v) is 8.54. The second-order valence-corrected chi connectivity index (χ2v) is 8.48. The van der Waals surface area contributed by atoms with Gasteiger partial charge in [-0.05, 0) is 36.8 Å². The summed E-state index contributed by atoms with van der Waals surface area (Å²) in [5.74, 6) is 0. The van der Waals surface area contributed by atoms with Gasteiger partial charge in [0.25, 0.3) is 10.0 Å². The molecule has 8 heteroatoms. The summed E-state index contributed by atoms with van der Waals surface area (Å²) in [6.45, 7) is 1.76. The van der Waals surface area contributed by atoms with Crippen molar-refractivity contribution in [3.8, 4) is 0 Å². The van der Waals surface area contributed by atoms with Crippen molar-refractivity contribution >= 4 is 55.9 Å². The first-order chi connectivity index (χ1) is 9.23.